The molecule has 1 aliphatic heterocycles. The Morgan fingerprint density at radius 1 is 1.50 bits per heavy atom. The number of carbonyl (C=O) groups is 2. The van der Waals surface area contributed by atoms with E-state index in [2.05, 4.69) is 12.2 Å². The van der Waals surface area contributed by atoms with Gasteiger partial charge in [-0.15, -0.1) is 0 Å². The van der Waals surface area contributed by atoms with Crippen molar-refractivity contribution in [2.45, 2.75) is 39.2 Å². The molecule has 1 saturated heterocycles. The van der Waals surface area contributed by atoms with Crippen molar-refractivity contribution in [2.24, 2.45) is 5.92 Å². The summed E-state index contributed by atoms with van der Waals surface area (Å²) < 4.78 is 4.72. The van der Waals surface area contributed by atoms with Gasteiger partial charge in [-0.3, -0.25) is 14.5 Å². The van der Waals surface area contributed by atoms with Crippen molar-refractivity contribution in [3.63, 3.8) is 0 Å². The van der Waals surface area contributed by atoms with Crippen LogP contribution in [-0.2, 0) is 14.3 Å². The first kappa shape index (κ1) is 15.0. The van der Waals surface area contributed by atoms with Crippen LogP contribution in [0.3, 0.4) is 0 Å². The summed E-state index contributed by atoms with van der Waals surface area (Å²) in [5.74, 6) is -0.199. The Kier molecular flexibility index (Phi) is 6.12. The number of nitrogens with zero attached hydrogens (tertiary/aromatic N) is 1. The number of hydrogen-bond donors (Lipinski definition) is 1. The molecule has 1 fully saturated rings. The van der Waals surface area contributed by atoms with Crippen molar-refractivity contribution < 1.29 is 14.3 Å². The van der Waals surface area contributed by atoms with Gasteiger partial charge < -0.3 is 10.1 Å². The molecule has 18 heavy (non-hydrogen) atoms. The lowest BCUT2D eigenvalue weighted by atomic mass is 10.1. The lowest BCUT2D eigenvalue weighted by Crippen LogP contribution is -2.40. The topological polar surface area (TPSA) is 58.6 Å². The second-order valence-electron chi connectivity index (χ2n) is 5.00. The smallest absolute Gasteiger partial charge is 0.310 e. The molecule has 5 heteroatoms. The van der Waals surface area contributed by atoms with Crippen LogP contribution < -0.4 is 5.32 Å². The Morgan fingerprint density at radius 2 is 2.22 bits per heavy atom. The number of esters is 1. The number of ether oxygens (including phenoxy) is 1. The summed E-state index contributed by atoms with van der Waals surface area (Å²) in [6.07, 6.45) is 2.84. The molecule has 0 radical (unpaired) electrons. The third-order valence-corrected chi connectivity index (χ3v) is 3.30. The van der Waals surface area contributed by atoms with E-state index in [0.29, 0.717) is 13.1 Å². The minimum atomic E-state index is -0.169. The van der Waals surface area contributed by atoms with Crippen LogP contribution in [0.5, 0.6) is 0 Å². The van der Waals surface area contributed by atoms with Gasteiger partial charge in [-0.05, 0) is 26.3 Å². The molecule has 0 saturated carbocycles. The number of rotatable bonds is 6. The van der Waals surface area contributed by atoms with Gasteiger partial charge >= 0.3 is 5.97 Å². The van der Waals surface area contributed by atoms with E-state index in [-0.39, 0.29) is 23.8 Å². The largest absolute Gasteiger partial charge is 0.469 e. The molecule has 0 aromatic heterocycles. The molecule has 1 heterocycles. The van der Waals surface area contributed by atoms with Gasteiger partial charge in [0.25, 0.3) is 0 Å². The fourth-order valence-electron chi connectivity index (χ4n) is 2.36. The first-order valence-corrected chi connectivity index (χ1v) is 6.66. The number of hydrogen-bond acceptors (Lipinski definition) is 4. The van der Waals surface area contributed by atoms with Crippen LogP contribution in [0.1, 0.15) is 33.1 Å². The highest BCUT2D eigenvalue weighted by atomic mass is 16.5. The van der Waals surface area contributed by atoms with Crippen molar-refractivity contribution >= 4 is 11.9 Å². The normalized spacial score (nSPS) is 21.6. The summed E-state index contributed by atoms with van der Waals surface area (Å²) in [5, 5.41) is 2.97. The third-order valence-electron chi connectivity index (χ3n) is 3.30. The molecule has 2 unspecified atom stereocenters. The van der Waals surface area contributed by atoms with E-state index >= 15 is 0 Å². The zero-order valence-corrected chi connectivity index (χ0v) is 11.6. The Bertz CT molecular complexity index is 294. The molecule has 5 nitrogen and oxygen atoms in total. The number of amides is 1. The molecule has 1 N–H and O–H groups in total. The van der Waals surface area contributed by atoms with Crippen LogP contribution in [0.2, 0.25) is 0 Å². The summed E-state index contributed by atoms with van der Waals surface area (Å²) in [5.41, 5.74) is 0. The van der Waals surface area contributed by atoms with Gasteiger partial charge in [-0.1, -0.05) is 13.3 Å². The van der Waals surface area contributed by atoms with E-state index in [1.54, 1.807) is 0 Å². The molecular formula is C13H24N2O3. The van der Waals surface area contributed by atoms with Crippen molar-refractivity contribution in [3.05, 3.63) is 0 Å². The van der Waals surface area contributed by atoms with Crippen LogP contribution in [0, 0.1) is 5.92 Å². The monoisotopic (exact) mass is 256 g/mol. The molecule has 0 bridgehead atoms. The summed E-state index contributed by atoms with van der Waals surface area (Å²) >= 11 is 0. The Morgan fingerprint density at radius 3 is 2.83 bits per heavy atom. The second-order valence-corrected chi connectivity index (χ2v) is 5.00. The highest BCUT2D eigenvalue weighted by Crippen LogP contribution is 2.16. The fourth-order valence-corrected chi connectivity index (χ4v) is 2.36. The minimum Gasteiger partial charge on any atom is -0.469 e. The van der Waals surface area contributed by atoms with Gasteiger partial charge in [0.1, 0.15) is 0 Å². The highest BCUT2D eigenvalue weighted by Gasteiger charge is 2.29. The molecule has 0 aliphatic carbocycles. The fraction of sp³-hybridized carbons (Fsp3) is 0.846. The highest BCUT2D eigenvalue weighted by molar-refractivity contribution is 5.78. The van der Waals surface area contributed by atoms with Crippen LogP contribution in [-0.4, -0.2) is 49.6 Å². The zero-order valence-electron chi connectivity index (χ0n) is 11.6. The molecule has 2 atom stereocenters. The maximum Gasteiger partial charge on any atom is 0.310 e. The average molecular weight is 256 g/mol. The molecule has 104 valence electrons. The quantitative estimate of drug-likeness (QED) is 0.714. The van der Waals surface area contributed by atoms with Crippen LogP contribution in [0.15, 0.2) is 0 Å². The first-order valence-electron chi connectivity index (χ1n) is 6.66. The molecule has 0 aromatic rings. The van der Waals surface area contributed by atoms with E-state index in [0.717, 1.165) is 25.8 Å². The zero-order chi connectivity index (χ0) is 13.5. The van der Waals surface area contributed by atoms with E-state index in [4.69, 9.17) is 4.74 Å². The Labute approximate surface area is 109 Å². The van der Waals surface area contributed by atoms with Crippen LogP contribution in [0.25, 0.3) is 0 Å². The number of methoxy groups -OCH3 is 1. The predicted molar refractivity (Wildman–Crippen MR) is 69.1 cm³/mol. The van der Waals surface area contributed by atoms with Gasteiger partial charge in [0.05, 0.1) is 19.6 Å². The van der Waals surface area contributed by atoms with Crippen molar-refractivity contribution in [3.8, 4) is 0 Å². The minimum absolute atomic E-state index is 0.0430. The Balaban J connectivity index is 2.28. The van der Waals surface area contributed by atoms with E-state index in [1.807, 2.05) is 11.8 Å². The molecule has 0 spiro atoms. The van der Waals surface area contributed by atoms with Crippen molar-refractivity contribution in [2.75, 3.05) is 26.7 Å². The second kappa shape index (κ2) is 7.36. The predicted octanol–water partition coefficient (Wildman–Crippen LogP) is 0.786. The standard InChI is InChI=1S/C13H24N2O3/c1-4-5-10(2)14-12(16)9-15-7-6-11(8-15)13(17)18-3/h10-11H,4-9H2,1-3H3,(H,14,16). The molecule has 0 aromatic carbocycles. The SMILES string of the molecule is CCCC(C)NC(=O)CN1CCC(C(=O)OC)C1. The van der Waals surface area contributed by atoms with E-state index in [9.17, 15) is 9.59 Å². The third kappa shape index (κ3) is 4.64. The van der Waals surface area contributed by atoms with Gasteiger partial charge in [0.2, 0.25) is 5.91 Å². The van der Waals surface area contributed by atoms with Gasteiger partial charge in [0, 0.05) is 12.6 Å². The van der Waals surface area contributed by atoms with Gasteiger partial charge in [-0.25, -0.2) is 0 Å². The summed E-state index contributed by atoms with van der Waals surface area (Å²) in [6, 6.07) is 0.224. The van der Waals surface area contributed by atoms with E-state index in [1.165, 1.54) is 7.11 Å². The molecule has 1 rings (SSSR count). The van der Waals surface area contributed by atoms with Crippen LogP contribution >= 0.6 is 0 Å². The average Bonchev–Trinajstić information content (AvgIpc) is 2.76. The molecule has 1 amide bonds. The van der Waals surface area contributed by atoms with Crippen LogP contribution in [0.4, 0.5) is 0 Å². The Hall–Kier alpha value is -1.10. The number of likely N-dealkylation sites (tertiary alicyclic amines) is 1. The van der Waals surface area contributed by atoms with Gasteiger partial charge in [0.15, 0.2) is 0 Å². The van der Waals surface area contributed by atoms with Crippen molar-refractivity contribution in [1.29, 1.82) is 0 Å². The summed E-state index contributed by atoms with van der Waals surface area (Å²) in [6.45, 7) is 5.91. The molecule has 1 aliphatic rings. The lowest BCUT2D eigenvalue weighted by molar-refractivity contribution is -0.145. The maximum atomic E-state index is 11.8. The van der Waals surface area contributed by atoms with Gasteiger partial charge in [-0.2, -0.15) is 0 Å². The lowest BCUT2D eigenvalue weighted by Gasteiger charge is -2.18. The van der Waals surface area contributed by atoms with E-state index < -0.39 is 0 Å². The molecular weight excluding hydrogens is 232 g/mol. The summed E-state index contributed by atoms with van der Waals surface area (Å²) in [4.78, 5) is 25.1. The summed E-state index contributed by atoms with van der Waals surface area (Å²) in [7, 11) is 1.41. The van der Waals surface area contributed by atoms with Crippen molar-refractivity contribution in [1.82, 2.24) is 10.2 Å². The first-order chi connectivity index (χ1) is 8.56. The maximum absolute atomic E-state index is 11.8. The number of nitrogens with one attached hydrogen (secondary N) is 1. The number of carbonyl (C=O) groups excluding carboxylic acids is 2.